The van der Waals surface area contributed by atoms with Crippen LogP contribution in [-0.2, 0) is 16.1 Å². The van der Waals surface area contributed by atoms with Crippen LogP contribution in [-0.4, -0.2) is 13.1 Å². The van der Waals surface area contributed by atoms with Crippen LogP contribution in [0.5, 0.6) is 5.75 Å². The van der Waals surface area contributed by atoms with Gasteiger partial charge in [0.15, 0.2) is 0 Å². The summed E-state index contributed by atoms with van der Waals surface area (Å²) in [5, 5.41) is 0. The number of carbonyl (C=O) groups is 1. The number of para-hydroxylation sites is 1. The number of benzene rings is 3. The zero-order chi connectivity index (χ0) is 19.1. The number of hydrogen-bond donors (Lipinski definition) is 0. The second-order valence-corrected chi connectivity index (χ2v) is 5.85. The Hall–Kier alpha value is -3.53. The smallest absolute Gasteiger partial charge is 0.330 e. The average Bonchev–Trinajstić information content (AvgIpc) is 2.74. The Labute approximate surface area is 159 Å². The van der Waals surface area contributed by atoms with E-state index in [0.717, 1.165) is 34.5 Å². The van der Waals surface area contributed by atoms with Crippen molar-refractivity contribution in [2.75, 3.05) is 12.0 Å². The molecule has 0 heterocycles. The van der Waals surface area contributed by atoms with Crippen LogP contribution in [0.2, 0.25) is 0 Å². The molecule has 0 aliphatic carbocycles. The molecular formula is C23H21NO3. The first kappa shape index (κ1) is 18.3. The van der Waals surface area contributed by atoms with E-state index in [0.29, 0.717) is 0 Å². The molecule has 0 atom stereocenters. The van der Waals surface area contributed by atoms with Gasteiger partial charge in [0.2, 0.25) is 0 Å². The lowest BCUT2D eigenvalue weighted by Crippen LogP contribution is -2.10. The van der Waals surface area contributed by atoms with Crippen LogP contribution in [0.15, 0.2) is 91.5 Å². The second-order valence-electron chi connectivity index (χ2n) is 5.85. The molecule has 0 aliphatic heterocycles. The molecule has 136 valence electrons. The maximum absolute atomic E-state index is 11.2. The minimum absolute atomic E-state index is 0.221. The molecule has 0 radical (unpaired) electrons. The number of methoxy groups -OCH3 is 1. The topological polar surface area (TPSA) is 38.8 Å². The van der Waals surface area contributed by atoms with Crippen molar-refractivity contribution in [1.82, 2.24) is 0 Å². The normalized spacial score (nSPS) is 10.1. The fourth-order valence-corrected chi connectivity index (χ4v) is 2.71. The minimum atomic E-state index is -0.428. The van der Waals surface area contributed by atoms with E-state index in [4.69, 9.17) is 9.47 Å². The number of nitrogens with zero attached hydrogens (tertiary/aromatic N) is 1. The number of ether oxygens (including phenoxy) is 2. The Kier molecular flexibility index (Phi) is 5.90. The molecule has 0 unspecified atom stereocenters. The van der Waals surface area contributed by atoms with Crippen molar-refractivity contribution in [3.8, 4) is 5.75 Å². The number of rotatable bonds is 7. The summed E-state index contributed by atoms with van der Waals surface area (Å²) in [6.45, 7) is 3.62. The molecule has 4 heteroatoms. The summed E-state index contributed by atoms with van der Waals surface area (Å²) in [5.41, 5.74) is 3.99. The van der Waals surface area contributed by atoms with Crippen LogP contribution < -0.4 is 9.64 Å². The highest BCUT2D eigenvalue weighted by Crippen LogP contribution is 2.35. The predicted octanol–water partition coefficient (Wildman–Crippen LogP) is 5.39. The van der Waals surface area contributed by atoms with Crippen molar-refractivity contribution in [1.29, 1.82) is 0 Å². The quantitative estimate of drug-likeness (QED) is 0.418. The summed E-state index contributed by atoms with van der Waals surface area (Å²) in [7, 11) is 1.65. The van der Waals surface area contributed by atoms with E-state index < -0.39 is 5.97 Å². The van der Waals surface area contributed by atoms with Gasteiger partial charge in [-0.25, -0.2) is 4.79 Å². The lowest BCUT2D eigenvalue weighted by molar-refractivity contribution is -0.138. The second kappa shape index (κ2) is 8.72. The Balaban J connectivity index is 1.90. The van der Waals surface area contributed by atoms with Gasteiger partial charge >= 0.3 is 5.97 Å². The maximum Gasteiger partial charge on any atom is 0.330 e. The Morgan fingerprint density at radius 3 is 2.00 bits per heavy atom. The van der Waals surface area contributed by atoms with Crippen molar-refractivity contribution in [2.45, 2.75) is 6.61 Å². The van der Waals surface area contributed by atoms with Crippen LogP contribution in [0, 0.1) is 0 Å². The Morgan fingerprint density at radius 2 is 1.44 bits per heavy atom. The fraction of sp³-hybridized carbons (Fsp3) is 0.0870. The SMILES string of the molecule is C=CC(=O)OCc1ccc(N(c2ccccc2)c2ccc(OC)cc2)cc1. The van der Waals surface area contributed by atoms with Gasteiger partial charge in [0.25, 0.3) is 0 Å². The van der Waals surface area contributed by atoms with Crippen LogP contribution >= 0.6 is 0 Å². The molecule has 0 bridgehead atoms. The lowest BCUT2D eigenvalue weighted by atomic mass is 10.1. The van der Waals surface area contributed by atoms with Gasteiger partial charge in [-0.3, -0.25) is 0 Å². The molecule has 3 aromatic carbocycles. The van der Waals surface area contributed by atoms with Gasteiger partial charge in [-0.15, -0.1) is 0 Å². The summed E-state index contributed by atoms with van der Waals surface area (Å²) in [6.07, 6.45) is 1.16. The van der Waals surface area contributed by atoms with Crippen molar-refractivity contribution >= 4 is 23.0 Å². The van der Waals surface area contributed by atoms with Crippen molar-refractivity contribution in [2.24, 2.45) is 0 Å². The summed E-state index contributed by atoms with van der Waals surface area (Å²) < 4.78 is 10.4. The average molecular weight is 359 g/mol. The van der Waals surface area contributed by atoms with E-state index >= 15 is 0 Å². The van der Waals surface area contributed by atoms with E-state index in [2.05, 4.69) is 23.6 Å². The summed E-state index contributed by atoms with van der Waals surface area (Å²) in [5.74, 6) is 0.384. The standard InChI is InChI=1S/C23H21NO3/c1-3-23(25)27-17-18-9-11-20(12-10-18)24(19-7-5-4-6-8-19)21-13-15-22(26-2)16-14-21/h3-16H,1,17H2,2H3. The Morgan fingerprint density at radius 1 is 0.889 bits per heavy atom. The predicted molar refractivity (Wildman–Crippen MR) is 108 cm³/mol. The molecule has 0 aromatic heterocycles. The van der Waals surface area contributed by atoms with E-state index in [-0.39, 0.29) is 6.61 Å². The molecule has 0 N–H and O–H groups in total. The molecule has 0 fully saturated rings. The van der Waals surface area contributed by atoms with Gasteiger partial charge in [-0.1, -0.05) is 36.9 Å². The van der Waals surface area contributed by atoms with Crippen LogP contribution in [0.1, 0.15) is 5.56 Å². The highest BCUT2D eigenvalue weighted by Gasteiger charge is 2.12. The van der Waals surface area contributed by atoms with Crippen molar-refractivity contribution < 1.29 is 14.3 Å². The molecular weight excluding hydrogens is 338 g/mol. The monoisotopic (exact) mass is 359 g/mol. The number of anilines is 3. The highest BCUT2D eigenvalue weighted by molar-refractivity contribution is 5.81. The molecule has 3 aromatic rings. The molecule has 4 nitrogen and oxygen atoms in total. The van der Waals surface area contributed by atoms with E-state index in [1.807, 2.05) is 66.7 Å². The number of carbonyl (C=O) groups excluding carboxylic acids is 1. The van der Waals surface area contributed by atoms with E-state index in [1.165, 1.54) is 0 Å². The lowest BCUT2D eigenvalue weighted by Gasteiger charge is -2.25. The zero-order valence-corrected chi connectivity index (χ0v) is 15.2. The first-order valence-electron chi connectivity index (χ1n) is 8.58. The third-order valence-corrected chi connectivity index (χ3v) is 4.09. The summed E-state index contributed by atoms with van der Waals surface area (Å²) in [6, 6.07) is 26.0. The highest BCUT2D eigenvalue weighted by atomic mass is 16.5. The van der Waals surface area contributed by atoms with Gasteiger partial charge in [-0.05, 0) is 54.1 Å². The van der Waals surface area contributed by atoms with Crippen LogP contribution in [0.4, 0.5) is 17.1 Å². The molecule has 0 saturated carbocycles. The summed E-state index contributed by atoms with van der Waals surface area (Å²) >= 11 is 0. The number of esters is 1. The first-order chi connectivity index (χ1) is 13.2. The zero-order valence-electron chi connectivity index (χ0n) is 15.2. The van der Waals surface area contributed by atoms with Crippen molar-refractivity contribution in [3.63, 3.8) is 0 Å². The van der Waals surface area contributed by atoms with Crippen LogP contribution in [0.3, 0.4) is 0 Å². The fourth-order valence-electron chi connectivity index (χ4n) is 2.71. The third kappa shape index (κ3) is 4.55. The summed E-state index contributed by atoms with van der Waals surface area (Å²) in [4.78, 5) is 13.4. The van der Waals surface area contributed by atoms with E-state index in [1.54, 1.807) is 7.11 Å². The number of hydrogen-bond acceptors (Lipinski definition) is 4. The molecule has 0 aliphatic rings. The Bertz CT molecular complexity index is 887. The minimum Gasteiger partial charge on any atom is -0.497 e. The van der Waals surface area contributed by atoms with Gasteiger partial charge < -0.3 is 14.4 Å². The van der Waals surface area contributed by atoms with Gasteiger partial charge in [0.1, 0.15) is 12.4 Å². The maximum atomic E-state index is 11.2. The van der Waals surface area contributed by atoms with Gasteiger partial charge in [-0.2, -0.15) is 0 Å². The molecule has 3 rings (SSSR count). The van der Waals surface area contributed by atoms with Crippen molar-refractivity contribution in [3.05, 3.63) is 97.1 Å². The first-order valence-corrected chi connectivity index (χ1v) is 8.58. The molecule has 0 amide bonds. The molecule has 27 heavy (non-hydrogen) atoms. The van der Waals surface area contributed by atoms with E-state index in [9.17, 15) is 4.79 Å². The molecule has 0 spiro atoms. The van der Waals surface area contributed by atoms with Gasteiger partial charge in [0.05, 0.1) is 7.11 Å². The third-order valence-electron chi connectivity index (χ3n) is 4.09. The molecule has 0 saturated heterocycles. The largest absolute Gasteiger partial charge is 0.497 e. The van der Waals surface area contributed by atoms with Gasteiger partial charge in [0, 0.05) is 23.1 Å². The van der Waals surface area contributed by atoms with Crippen LogP contribution in [0.25, 0.3) is 0 Å².